The first-order chi connectivity index (χ1) is 11.2. The number of hydrogen-bond donors (Lipinski definition) is 0. The smallest absolute Gasteiger partial charge is 0.253 e. The van der Waals surface area contributed by atoms with E-state index in [0.29, 0.717) is 12.1 Å². The Hall–Kier alpha value is -2.33. The Kier molecular flexibility index (Phi) is 4.63. The minimum absolute atomic E-state index is 0.0711. The molecule has 1 aliphatic rings. The van der Waals surface area contributed by atoms with Gasteiger partial charge in [0.2, 0.25) is 0 Å². The number of carbonyl (C=O) groups is 1. The lowest BCUT2D eigenvalue weighted by Gasteiger charge is -2.16. The maximum atomic E-state index is 12.5. The first-order valence-corrected chi connectivity index (χ1v) is 7.78. The van der Waals surface area contributed by atoms with Crippen LogP contribution in [0.1, 0.15) is 16.8 Å². The highest BCUT2D eigenvalue weighted by molar-refractivity contribution is 5.95. The van der Waals surface area contributed by atoms with Crippen LogP contribution in [0.15, 0.2) is 48.5 Å². The van der Waals surface area contributed by atoms with E-state index in [0.717, 1.165) is 29.8 Å². The third kappa shape index (κ3) is 3.37. The maximum Gasteiger partial charge on any atom is 0.253 e. The van der Waals surface area contributed by atoms with Gasteiger partial charge in [-0.15, -0.1) is 0 Å². The molecule has 1 heterocycles. The van der Waals surface area contributed by atoms with E-state index in [2.05, 4.69) is 0 Å². The predicted molar refractivity (Wildman–Crippen MR) is 89.7 cm³/mol. The molecule has 0 saturated carbocycles. The lowest BCUT2D eigenvalue weighted by molar-refractivity contribution is 0.0724. The van der Waals surface area contributed by atoms with Gasteiger partial charge in [0, 0.05) is 25.8 Å². The normalized spacial score (nSPS) is 17.3. The van der Waals surface area contributed by atoms with Crippen molar-refractivity contribution in [2.24, 2.45) is 0 Å². The molecule has 0 aliphatic carbocycles. The molecule has 4 heteroatoms. The molecule has 0 aromatic heterocycles. The van der Waals surface area contributed by atoms with E-state index in [1.54, 1.807) is 14.2 Å². The lowest BCUT2D eigenvalue weighted by atomic mass is 10.0. The number of likely N-dealkylation sites (tertiary alicyclic amines) is 1. The van der Waals surface area contributed by atoms with E-state index < -0.39 is 0 Å². The summed E-state index contributed by atoms with van der Waals surface area (Å²) in [6, 6.07) is 15.6. The summed E-state index contributed by atoms with van der Waals surface area (Å²) in [6.45, 7) is 1.43. The van der Waals surface area contributed by atoms with Crippen molar-refractivity contribution in [3.63, 3.8) is 0 Å². The van der Waals surface area contributed by atoms with Gasteiger partial charge in [-0.25, -0.2) is 0 Å². The summed E-state index contributed by atoms with van der Waals surface area (Å²) in [5.74, 6) is 0.895. The molecule has 1 unspecified atom stereocenters. The number of amides is 1. The average Bonchev–Trinajstić information content (AvgIpc) is 3.10. The molecule has 3 rings (SSSR count). The molecule has 23 heavy (non-hydrogen) atoms. The molecule has 2 aromatic rings. The van der Waals surface area contributed by atoms with Crippen molar-refractivity contribution in [2.45, 2.75) is 12.5 Å². The predicted octanol–water partition coefficient (Wildman–Crippen LogP) is 3.22. The van der Waals surface area contributed by atoms with Crippen LogP contribution < -0.4 is 4.74 Å². The van der Waals surface area contributed by atoms with Gasteiger partial charge in [0.1, 0.15) is 5.75 Å². The molecular weight excluding hydrogens is 290 g/mol. The van der Waals surface area contributed by atoms with Crippen LogP contribution in [0, 0.1) is 0 Å². The molecule has 1 atom stereocenters. The summed E-state index contributed by atoms with van der Waals surface area (Å²) in [5, 5.41) is 0. The van der Waals surface area contributed by atoms with Crippen LogP contribution in [0.4, 0.5) is 0 Å². The van der Waals surface area contributed by atoms with Crippen LogP contribution in [0.3, 0.4) is 0 Å². The van der Waals surface area contributed by atoms with Gasteiger partial charge in [-0.05, 0) is 41.8 Å². The van der Waals surface area contributed by atoms with Crippen LogP contribution in [-0.2, 0) is 4.74 Å². The highest BCUT2D eigenvalue weighted by Crippen LogP contribution is 2.24. The quantitative estimate of drug-likeness (QED) is 0.870. The van der Waals surface area contributed by atoms with Gasteiger partial charge in [0.05, 0.1) is 13.2 Å². The Morgan fingerprint density at radius 3 is 2.52 bits per heavy atom. The highest BCUT2D eigenvalue weighted by Gasteiger charge is 2.26. The first kappa shape index (κ1) is 15.6. The van der Waals surface area contributed by atoms with Crippen molar-refractivity contribution in [3.8, 4) is 16.9 Å². The minimum atomic E-state index is 0.0711. The van der Waals surface area contributed by atoms with Crippen molar-refractivity contribution in [1.82, 2.24) is 4.90 Å². The number of carbonyl (C=O) groups excluding carboxylic acids is 1. The Balaban J connectivity index is 1.75. The van der Waals surface area contributed by atoms with E-state index in [1.807, 2.05) is 53.4 Å². The molecule has 0 N–H and O–H groups in total. The van der Waals surface area contributed by atoms with Gasteiger partial charge in [0.15, 0.2) is 0 Å². The van der Waals surface area contributed by atoms with Crippen LogP contribution in [0.5, 0.6) is 5.75 Å². The van der Waals surface area contributed by atoms with Crippen LogP contribution in [-0.4, -0.2) is 44.2 Å². The van der Waals surface area contributed by atoms with E-state index in [4.69, 9.17) is 9.47 Å². The topological polar surface area (TPSA) is 38.8 Å². The number of methoxy groups -OCH3 is 2. The Morgan fingerprint density at radius 1 is 1.09 bits per heavy atom. The van der Waals surface area contributed by atoms with E-state index in [-0.39, 0.29) is 12.0 Å². The zero-order valence-corrected chi connectivity index (χ0v) is 13.5. The molecular formula is C19H21NO3. The number of hydrogen-bond acceptors (Lipinski definition) is 3. The molecule has 1 aliphatic heterocycles. The zero-order chi connectivity index (χ0) is 16.2. The number of rotatable bonds is 4. The minimum Gasteiger partial charge on any atom is -0.497 e. The summed E-state index contributed by atoms with van der Waals surface area (Å²) >= 11 is 0. The van der Waals surface area contributed by atoms with Gasteiger partial charge in [-0.1, -0.05) is 24.3 Å². The van der Waals surface area contributed by atoms with E-state index in [1.165, 1.54) is 0 Å². The third-order valence-corrected chi connectivity index (χ3v) is 4.30. The van der Waals surface area contributed by atoms with Gasteiger partial charge >= 0.3 is 0 Å². The third-order valence-electron chi connectivity index (χ3n) is 4.30. The molecule has 2 aromatic carbocycles. The van der Waals surface area contributed by atoms with Gasteiger partial charge in [-0.2, -0.15) is 0 Å². The molecule has 1 fully saturated rings. The molecule has 0 radical (unpaired) electrons. The standard InChI is InChI=1S/C19H21NO3/c1-22-17-5-3-4-16(12-17)14-6-8-15(9-7-14)19(21)20-11-10-18(13-20)23-2/h3-9,12,18H,10-11,13H2,1-2H3. The van der Waals surface area contributed by atoms with Crippen molar-refractivity contribution >= 4 is 5.91 Å². The van der Waals surface area contributed by atoms with Crippen LogP contribution in [0.25, 0.3) is 11.1 Å². The second-order valence-corrected chi connectivity index (χ2v) is 5.71. The average molecular weight is 311 g/mol. The molecule has 120 valence electrons. The highest BCUT2D eigenvalue weighted by atomic mass is 16.5. The van der Waals surface area contributed by atoms with Crippen molar-refractivity contribution < 1.29 is 14.3 Å². The fourth-order valence-electron chi connectivity index (χ4n) is 2.90. The van der Waals surface area contributed by atoms with Crippen molar-refractivity contribution in [2.75, 3.05) is 27.3 Å². The fraction of sp³-hybridized carbons (Fsp3) is 0.316. The summed E-state index contributed by atoms with van der Waals surface area (Å²) < 4.78 is 10.6. The van der Waals surface area contributed by atoms with Gasteiger partial charge < -0.3 is 14.4 Å². The number of ether oxygens (including phenoxy) is 2. The monoisotopic (exact) mass is 311 g/mol. The SMILES string of the molecule is COc1cccc(-c2ccc(C(=O)N3CCC(OC)C3)cc2)c1. The molecule has 4 nitrogen and oxygen atoms in total. The Morgan fingerprint density at radius 2 is 1.87 bits per heavy atom. The largest absolute Gasteiger partial charge is 0.497 e. The Labute approximate surface area is 136 Å². The zero-order valence-electron chi connectivity index (χ0n) is 13.5. The van der Waals surface area contributed by atoms with E-state index >= 15 is 0 Å². The van der Waals surface area contributed by atoms with Crippen LogP contribution in [0.2, 0.25) is 0 Å². The summed E-state index contributed by atoms with van der Waals surface area (Å²) in [4.78, 5) is 14.4. The van der Waals surface area contributed by atoms with Crippen LogP contribution >= 0.6 is 0 Å². The van der Waals surface area contributed by atoms with Gasteiger partial charge in [-0.3, -0.25) is 4.79 Å². The van der Waals surface area contributed by atoms with Crippen molar-refractivity contribution in [3.05, 3.63) is 54.1 Å². The van der Waals surface area contributed by atoms with E-state index in [9.17, 15) is 4.79 Å². The summed E-state index contributed by atoms with van der Waals surface area (Å²) in [5.41, 5.74) is 2.86. The fourth-order valence-corrected chi connectivity index (χ4v) is 2.90. The maximum absolute atomic E-state index is 12.5. The summed E-state index contributed by atoms with van der Waals surface area (Å²) in [7, 11) is 3.35. The molecule has 0 bridgehead atoms. The second-order valence-electron chi connectivity index (χ2n) is 5.71. The Bertz CT molecular complexity index is 681. The number of benzene rings is 2. The molecule has 1 saturated heterocycles. The van der Waals surface area contributed by atoms with Crippen molar-refractivity contribution in [1.29, 1.82) is 0 Å². The first-order valence-electron chi connectivity index (χ1n) is 7.78. The molecule has 0 spiro atoms. The van der Waals surface area contributed by atoms with Gasteiger partial charge in [0.25, 0.3) is 5.91 Å². The molecule has 1 amide bonds. The second kappa shape index (κ2) is 6.84. The number of nitrogens with zero attached hydrogens (tertiary/aromatic N) is 1. The lowest BCUT2D eigenvalue weighted by Crippen LogP contribution is -2.29. The summed E-state index contributed by atoms with van der Waals surface area (Å²) in [6.07, 6.45) is 1.07.